The van der Waals surface area contributed by atoms with Gasteiger partial charge in [-0.25, -0.2) is 4.98 Å². The van der Waals surface area contributed by atoms with Crippen molar-refractivity contribution in [2.75, 3.05) is 7.05 Å². The molecule has 0 aliphatic heterocycles. The highest BCUT2D eigenvalue weighted by Gasteiger charge is 2.02. The number of H-pyrrole nitrogens is 1. The molecule has 0 aliphatic carbocycles. The van der Waals surface area contributed by atoms with Crippen molar-refractivity contribution < 1.29 is 0 Å². The molecule has 0 unspecified atom stereocenters. The van der Waals surface area contributed by atoms with E-state index in [4.69, 9.17) is 0 Å². The molecule has 0 aliphatic rings. The number of nitrogens with one attached hydrogen (secondary N) is 2. The molecule has 0 bridgehead atoms. The molecule has 5 heteroatoms. The number of hydrogen-bond donors (Lipinski definition) is 2. The summed E-state index contributed by atoms with van der Waals surface area (Å²) in [6.07, 6.45) is 1.64. The number of hydrogen-bond acceptors (Lipinski definition) is 4. The summed E-state index contributed by atoms with van der Waals surface area (Å²) in [6.45, 7) is 0.536. The second-order valence-electron chi connectivity index (χ2n) is 3.82. The zero-order valence-electron chi connectivity index (χ0n) is 10.1. The molecule has 94 valence electrons. The number of thioether (sulfide) groups is 1. The molecule has 0 fully saturated rings. The van der Waals surface area contributed by atoms with Gasteiger partial charge >= 0.3 is 0 Å². The normalized spacial score (nSPS) is 10.5. The van der Waals surface area contributed by atoms with Gasteiger partial charge < -0.3 is 10.3 Å². The van der Waals surface area contributed by atoms with Crippen LogP contribution in [0.1, 0.15) is 11.4 Å². The molecule has 0 amide bonds. The van der Waals surface area contributed by atoms with E-state index in [2.05, 4.69) is 15.3 Å². The van der Waals surface area contributed by atoms with Crippen molar-refractivity contribution in [1.29, 1.82) is 0 Å². The molecule has 0 spiro atoms. The maximum atomic E-state index is 11.7. The van der Waals surface area contributed by atoms with Gasteiger partial charge in [0.1, 0.15) is 5.82 Å². The molecule has 4 nitrogen and oxygen atoms in total. The molecule has 2 rings (SSSR count). The molecule has 0 atom stereocenters. The molecule has 0 radical (unpaired) electrons. The summed E-state index contributed by atoms with van der Waals surface area (Å²) in [5.74, 6) is 1.37. The number of aromatic nitrogens is 2. The Morgan fingerprint density at radius 1 is 1.33 bits per heavy atom. The molecule has 1 aromatic heterocycles. The first-order valence-corrected chi connectivity index (χ1v) is 6.67. The van der Waals surface area contributed by atoms with E-state index in [1.54, 1.807) is 25.0 Å². The number of rotatable bonds is 5. The fraction of sp³-hybridized carbons (Fsp3) is 0.231. The van der Waals surface area contributed by atoms with Crippen LogP contribution in [0.5, 0.6) is 0 Å². The van der Waals surface area contributed by atoms with Gasteiger partial charge in [0.2, 0.25) is 0 Å². The number of nitrogens with zero attached hydrogens (tertiary/aromatic N) is 1. The van der Waals surface area contributed by atoms with Crippen LogP contribution in [0.15, 0.2) is 46.2 Å². The van der Waals surface area contributed by atoms with Gasteiger partial charge in [-0.3, -0.25) is 4.79 Å². The topological polar surface area (TPSA) is 57.8 Å². The van der Waals surface area contributed by atoms with E-state index in [1.807, 2.05) is 30.3 Å². The van der Waals surface area contributed by atoms with Gasteiger partial charge in [-0.1, -0.05) is 18.2 Å². The predicted molar refractivity (Wildman–Crippen MR) is 73.6 cm³/mol. The van der Waals surface area contributed by atoms with E-state index in [1.165, 1.54) is 4.90 Å². The van der Waals surface area contributed by atoms with Gasteiger partial charge in [0, 0.05) is 23.2 Å². The Morgan fingerprint density at radius 2 is 2.11 bits per heavy atom. The first-order valence-electron chi connectivity index (χ1n) is 5.69. The Morgan fingerprint density at radius 3 is 2.78 bits per heavy atom. The van der Waals surface area contributed by atoms with Crippen LogP contribution >= 0.6 is 11.8 Å². The second kappa shape index (κ2) is 6.37. The van der Waals surface area contributed by atoms with Gasteiger partial charge in [-0.15, -0.1) is 11.8 Å². The smallest absolute Gasteiger partial charge is 0.255 e. The fourth-order valence-electron chi connectivity index (χ4n) is 1.52. The monoisotopic (exact) mass is 261 g/mol. The molecule has 1 aromatic carbocycles. The Labute approximate surface area is 110 Å². The number of benzene rings is 1. The SMILES string of the molecule is CNCc1cnc(CSc2ccccc2)[nH]c1=O. The summed E-state index contributed by atoms with van der Waals surface area (Å²) in [5, 5.41) is 2.94. The van der Waals surface area contributed by atoms with Crippen molar-refractivity contribution in [3.05, 3.63) is 58.3 Å². The molecular formula is C13H15N3OS. The third-order valence-electron chi connectivity index (χ3n) is 2.41. The van der Waals surface area contributed by atoms with Gasteiger partial charge in [0.15, 0.2) is 0 Å². The van der Waals surface area contributed by atoms with Crippen LogP contribution < -0.4 is 10.9 Å². The van der Waals surface area contributed by atoms with Crippen molar-refractivity contribution in [2.45, 2.75) is 17.2 Å². The first-order chi connectivity index (χ1) is 8.79. The highest BCUT2D eigenvalue weighted by molar-refractivity contribution is 7.98. The second-order valence-corrected chi connectivity index (χ2v) is 4.87. The molecule has 2 N–H and O–H groups in total. The first kappa shape index (κ1) is 12.9. The number of aromatic amines is 1. The van der Waals surface area contributed by atoms with E-state index >= 15 is 0 Å². The van der Waals surface area contributed by atoms with Crippen molar-refractivity contribution in [3.63, 3.8) is 0 Å². The zero-order chi connectivity index (χ0) is 12.8. The Kier molecular flexibility index (Phi) is 4.55. The summed E-state index contributed by atoms with van der Waals surface area (Å²) < 4.78 is 0. The molecule has 2 aromatic rings. The Bertz CT molecular complexity index is 554. The summed E-state index contributed by atoms with van der Waals surface area (Å²) >= 11 is 1.65. The standard InChI is InChI=1S/C13H15N3OS/c1-14-7-10-8-15-12(16-13(10)17)9-18-11-5-3-2-4-6-11/h2-6,8,14H,7,9H2,1H3,(H,15,16,17). The third-order valence-corrected chi connectivity index (χ3v) is 3.43. The lowest BCUT2D eigenvalue weighted by atomic mass is 10.3. The van der Waals surface area contributed by atoms with E-state index < -0.39 is 0 Å². The van der Waals surface area contributed by atoms with Crippen molar-refractivity contribution in [3.8, 4) is 0 Å². The minimum absolute atomic E-state index is 0.0667. The predicted octanol–water partition coefficient (Wildman–Crippen LogP) is 1.78. The van der Waals surface area contributed by atoms with Crippen molar-refractivity contribution in [2.24, 2.45) is 0 Å². The minimum atomic E-state index is -0.0667. The van der Waals surface area contributed by atoms with Gasteiger partial charge in [-0.2, -0.15) is 0 Å². The van der Waals surface area contributed by atoms with E-state index in [0.717, 1.165) is 0 Å². The molecule has 0 saturated heterocycles. The van der Waals surface area contributed by atoms with Gasteiger partial charge in [-0.05, 0) is 19.2 Å². The van der Waals surface area contributed by atoms with Crippen LogP contribution in [-0.2, 0) is 12.3 Å². The van der Waals surface area contributed by atoms with Crippen LogP contribution in [0.2, 0.25) is 0 Å². The lowest BCUT2D eigenvalue weighted by Crippen LogP contribution is -2.20. The van der Waals surface area contributed by atoms with E-state index in [0.29, 0.717) is 23.7 Å². The third kappa shape index (κ3) is 3.45. The Balaban J connectivity index is 2.02. The van der Waals surface area contributed by atoms with Crippen LogP contribution in [0.3, 0.4) is 0 Å². The van der Waals surface area contributed by atoms with Gasteiger partial charge in [0.05, 0.1) is 5.75 Å². The van der Waals surface area contributed by atoms with Crippen molar-refractivity contribution >= 4 is 11.8 Å². The van der Waals surface area contributed by atoms with Gasteiger partial charge in [0.25, 0.3) is 5.56 Å². The maximum Gasteiger partial charge on any atom is 0.255 e. The van der Waals surface area contributed by atoms with Crippen LogP contribution in [-0.4, -0.2) is 17.0 Å². The van der Waals surface area contributed by atoms with Crippen LogP contribution in [0.4, 0.5) is 0 Å². The van der Waals surface area contributed by atoms with E-state index in [9.17, 15) is 4.79 Å². The highest BCUT2D eigenvalue weighted by atomic mass is 32.2. The van der Waals surface area contributed by atoms with Crippen molar-refractivity contribution in [1.82, 2.24) is 15.3 Å². The molecule has 1 heterocycles. The molecule has 18 heavy (non-hydrogen) atoms. The molecule has 0 saturated carbocycles. The minimum Gasteiger partial charge on any atom is -0.315 e. The van der Waals surface area contributed by atoms with E-state index in [-0.39, 0.29) is 5.56 Å². The maximum absolute atomic E-state index is 11.7. The highest BCUT2D eigenvalue weighted by Crippen LogP contribution is 2.19. The van der Waals surface area contributed by atoms with Crippen LogP contribution in [0, 0.1) is 0 Å². The average Bonchev–Trinajstić information content (AvgIpc) is 2.41. The summed E-state index contributed by atoms with van der Waals surface area (Å²) in [4.78, 5) is 19.9. The summed E-state index contributed by atoms with van der Waals surface area (Å²) in [7, 11) is 1.80. The average molecular weight is 261 g/mol. The fourth-order valence-corrected chi connectivity index (χ4v) is 2.32. The summed E-state index contributed by atoms with van der Waals surface area (Å²) in [6, 6.07) is 10.1. The summed E-state index contributed by atoms with van der Waals surface area (Å²) in [5.41, 5.74) is 0.592. The zero-order valence-corrected chi connectivity index (χ0v) is 11.0. The largest absolute Gasteiger partial charge is 0.315 e. The Hall–Kier alpha value is -1.59. The lowest BCUT2D eigenvalue weighted by Gasteiger charge is -2.03. The lowest BCUT2D eigenvalue weighted by molar-refractivity contribution is 0.790. The van der Waals surface area contributed by atoms with Crippen LogP contribution in [0.25, 0.3) is 0 Å². The quantitative estimate of drug-likeness (QED) is 0.806. The molecular weight excluding hydrogens is 246 g/mol.